The Morgan fingerprint density at radius 3 is 2.67 bits per heavy atom. The zero-order valence-electron chi connectivity index (χ0n) is 14.7. The fraction of sp³-hybridized carbons (Fsp3) is 0.471. The van der Waals surface area contributed by atoms with Crippen LogP contribution in [0, 0.1) is 0 Å². The third-order valence-corrected chi connectivity index (χ3v) is 5.24. The maximum Gasteiger partial charge on any atom is 0.416 e. The molecule has 27 heavy (non-hydrogen) atoms. The molecule has 1 aromatic carbocycles. The summed E-state index contributed by atoms with van der Waals surface area (Å²) in [5, 5.41) is 3.10. The van der Waals surface area contributed by atoms with Gasteiger partial charge in [-0.15, -0.1) is 0 Å². The predicted octanol–water partition coefficient (Wildman–Crippen LogP) is 3.50. The SMILES string of the molecule is CCCn1c(SCCCN2C(=O)CNC2=O)nc2ccc(C(F)(F)F)cc21. The number of hydrogen-bond donors (Lipinski definition) is 1. The van der Waals surface area contributed by atoms with E-state index in [1.807, 2.05) is 6.92 Å². The molecule has 0 unspecified atom stereocenters. The summed E-state index contributed by atoms with van der Waals surface area (Å²) in [5.74, 6) is 0.346. The number of urea groups is 1. The van der Waals surface area contributed by atoms with Gasteiger partial charge in [0.1, 0.15) is 0 Å². The van der Waals surface area contributed by atoms with E-state index in [0.717, 1.165) is 18.6 Å². The van der Waals surface area contributed by atoms with Crippen molar-refractivity contribution in [3.63, 3.8) is 0 Å². The lowest BCUT2D eigenvalue weighted by molar-refractivity contribution is -0.137. The van der Waals surface area contributed by atoms with Gasteiger partial charge in [-0.1, -0.05) is 18.7 Å². The molecule has 0 radical (unpaired) electrons. The number of fused-ring (bicyclic) bond motifs is 1. The van der Waals surface area contributed by atoms with E-state index < -0.39 is 11.7 Å². The highest BCUT2D eigenvalue weighted by molar-refractivity contribution is 7.99. The minimum Gasteiger partial charge on any atom is -0.329 e. The molecular weight excluding hydrogens is 381 g/mol. The molecular formula is C17H19F3N4O2S. The second kappa shape index (κ2) is 7.79. The normalized spacial score (nSPS) is 15.0. The summed E-state index contributed by atoms with van der Waals surface area (Å²) in [6, 6.07) is 3.18. The number of imide groups is 1. The largest absolute Gasteiger partial charge is 0.416 e. The number of rotatable bonds is 7. The molecule has 146 valence electrons. The summed E-state index contributed by atoms with van der Waals surface area (Å²) in [4.78, 5) is 28.7. The van der Waals surface area contributed by atoms with Crippen molar-refractivity contribution in [1.29, 1.82) is 0 Å². The van der Waals surface area contributed by atoms with E-state index in [1.165, 1.54) is 22.7 Å². The van der Waals surface area contributed by atoms with Gasteiger partial charge in [0.05, 0.1) is 23.1 Å². The van der Waals surface area contributed by atoms with Crippen LogP contribution in [0.4, 0.5) is 18.0 Å². The monoisotopic (exact) mass is 400 g/mol. The number of hydrogen-bond acceptors (Lipinski definition) is 4. The first kappa shape index (κ1) is 19.5. The number of halogens is 3. The topological polar surface area (TPSA) is 67.2 Å². The molecule has 1 saturated heterocycles. The number of imidazole rings is 1. The van der Waals surface area contributed by atoms with Crippen molar-refractivity contribution in [3.05, 3.63) is 23.8 Å². The third-order valence-electron chi connectivity index (χ3n) is 4.18. The molecule has 6 nitrogen and oxygen atoms in total. The Kier molecular flexibility index (Phi) is 5.64. The molecule has 1 N–H and O–H groups in total. The molecule has 0 aliphatic carbocycles. The van der Waals surface area contributed by atoms with E-state index in [4.69, 9.17) is 0 Å². The van der Waals surface area contributed by atoms with Crippen LogP contribution in [0.25, 0.3) is 11.0 Å². The maximum atomic E-state index is 13.0. The number of aromatic nitrogens is 2. The Bertz CT molecular complexity index is 850. The number of thioether (sulfide) groups is 1. The summed E-state index contributed by atoms with van der Waals surface area (Å²) < 4.78 is 40.8. The van der Waals surface area contributed by atoms with E-state index in [1.54, 1.807) is 4.57 Å². The summed E-state index contributed by atoms with van der Waals surface area (Å²) in [6.45, 7) is 2.85. The average Bonchev–Trinajstić information content (AvgIpc) is 3.11. The first-order valence-electron chi connectivity index (χ1n) is 8.59. The zero-order valence-corrected chi connectivity index (χ0v) is 15.5. The van der Waals surface area contributed by atoms with Gasteiger partial charge in [0.2, 0.25) is 5.91 Å². The summed E-state index contributed by atoms with van der Waals surface area (Å²) in [6.07, 6.45) is -3.06. The quantitative estimate of drug-likeness (QED) is 0.439. The highest BCUT2D eigenvalue weighted by Crippen LogP contribution is 2.33. The minimum absolute atomic E-state index is 0.0276. The molecule has 0 saturated carbocycles. The van der Waals surface area contributed by atoms with Crippen LogP contribution in [0.1, 0.15) is 25.3 Å². The van der Waals surface area contributed by atoms with Gasteiger partial charge in [-0.2, -0.15) is 13.2 Å². The van der Waals surface area contributed by atoms with Gasteiger partial charge < -0.3 is 9.88 Å². The molecule has 3 rings (SSSR count). The summed E-state index contributed by atoms with van der Waals surface area (Å²) in [5.41, 5.74) is 0.290. The number of aryl methyl sites for hydroxylation is 1. The van der Waals surface area contributed by atoms with Crippen molar-refractivity contribution >= 4 is 34.7 Å². The number of carbonyl (C=O) groups is 2. The van der Waals surface area contributed by atoms with Gasteiger partial charge in [-0.05, 0) is 31.0 Å². The molecule has 1 fully saturated rings. The summed E-state index contributed by atoms with van der Waals surface area (Å²) >= 11 is 1.41. The van der Waals surface area contributed by atoms with Gasteiger partial charge in [0.15, 0.2) is 5.16 Å². The van der Waals surface area contributed by atoms with Crippen LogP contribution in [0.2, 0.25) is 0 Å². The van der Waals surface area contributed by atoms with Crippen molar-refractivity contribution in [1.82, 2.24) is 19.8 Å². The lowest BCUT2D eigenvalue weighted by Crippen LogP contribution is -2.32. The number of carbonyl (C=O) groups excluding carboxylic acids is 2. The van der Waals surface area contributed by atoms with Gasteiger partial charge in [-0.3, -0.25) is 9.69 Å². The van der Waals surface area contributed by atoms with Crippen molar-refractivity contribution in [2.24, 2.45) is 0 Å². The standard InChI is InChI=1S/C17H19F3N4O2S/c1-2-6-23-13-9-11(17(18,19)20)4-5-12(13)22-16(23)27-8-3-7-24-14(25)10-21-15(24)26/h4-5,9H,2-3,6-8,10H2,1H3,(H,21,26). The molecule has 2 aromatic rings. The molecule has 0 bridgehead atoms. The van der Waals surface area contributed by atoms with Crippen LogP contribution in [0.3, 0.4) is 0 Å². The average molecular weight is 400 g/mol. The molecule has 10 heteroatoms. The van der Waals surface area contributed by atoms with Crippen LogP contribution in [-0.4, -0.2) is 45.2 Å². The molecule has 1 aromatic heterocycles. The highest BCUT2D eigenvalue weighted by atomic mass is 32.2. The zero-order chi connectivity index (χ0) is 19.6. The van der Waals surface area contributed by atoms with Crippen LogP contribution in [0.5, 0.6) is 0 Å². The first-order chi connectivity index (χ1) is 12.8. The van der Waals surface area contributed by atoms with E-state index >= 15 is 0 Å². The van der Waals surface area contributed by atoms with Crippen LogP contribution >= 0.6 is 11.8 Å². The lowest BCUT2D eigenvalue weighted by Gasteiger charge is -2.12. The summed E-state index contributed by atoms with van der Waals surface area (Å²) in [7, 11) is 0. The number of nitrogens with one attached hydrogen (secondary N) is 1. The Hall–Kier alpha value is -2.23. The van der Waals surface area contributed by atoms with Crippen molar-refractivity contribution < 1.29 is 22.8 Å². The van der Waals surface area contributed by atoms with Gasteiger partial charge in [0.25, 0.3) is 0 Å². The molecule has 1 aliphatic rings. The highest BCUT2D eigenvalue weighted by Gasteiger charge is 2.31. The van der Waals surface area contributed by atoms with E-state index in [9.17, 15) is 22.8 Å². The Morgan fingerprint density at radius 1 is 1.26 bits per heavy atom. The van der Waals surface area contributed by atoms with Gasteiger partial charge >= 0.3 is 12.2 Å². The Morgan fingerprint density at radius 2 is 2.04 bits per heavy atom. The Balaban J connectivity index is 1.72. The van der Waals surface area contributed by atoms with Crippen molar-refractivity contribution in [2.75, 3.05) is 18.8 Å². The maximum absolute atomic E-state index is 13.0. The van der Waals surface area contributed by atoms with Crippen LogP contribution in [0.15, 0.2) is 23.4 Å². The van der Waals surface area contributed by atoms with Gasteiger partial charge in [-0.25, -0.2) is 9.78 Å². The number of benzene rings is 1. The second-order valence-corrected chi connectivity index (χ2v) is 7.22. The van der Waals surface area contributed by atoms with Crippen LogP contribution < -0.4 is 5.32 Å². The molecule has 2 heterocycles. The second-order valence-electron chi connectivity index (χ2n) is 6.15. The fourth-order valence-corrected chi connectivity index (χ4v) is 3.86. The van der Waals surface area contributed by atoms with E-state index in [0.29, 0.717) is 41.5 Å². The number of nitrogens with zero attached hydrogens (tertiary/aromatic N) is 3. The minimum atomic E-state index is -4.40. The van der Waals surface area contributed by atoms with E-state index in [2.05, 4.69) is 10.3 Å². The molecule has 0 atom stereocenters. The van der Waals surface area contributed by atoms with E-state index in [-0.39, 0.29) is 18.5 Å². The number of alkyl halides is 3. The molecule has 0 spiro atoms. The first-order valence-corrected chi connectivity index (χ1v) is 9.58. The van der Waals surface area contributed by atoms with Crippen molar-refractivity contribution in [3.8, 4) is 0 Å². The molecule has 3 amide bonds. The van der Waals surface area contributed by atoms with Crippen LogP contribution in [-0.2, 0) is 17.5 Å². The number of amides is 3. The predicted molar refractivity (Wildman–Crippen MR) is 95.5 cm³/mol. The smallest absolute Gasteiger partial charge is 0.329 e. The van der Waals surface area contributed by atoms with Crippen molar-refractivity contribution in [2.45, 2.75) is 37.6 Å². The van der Waals surface area contributed by atoms with Gasteiger partial charge in [0, 0.05) is 18.8 Å². The Labute approximate surface area is 158 Å². The lowest BCUT2D eigenvalue weighted by atomic mass is 10.2. The fourth-order valence-electron chi connectivity index (χ4n) is 2.89. The third kappa shape index (κ3) is 4.20. The molecule has 1 aliphatic heterocycles.